The number of aromatic nitrogens is 2. The number of nitrogens with one attached hydrogen (secondary N) is 1. The number of carbonyl (C=O) groups excluding carboxylic acids is 2. The van der Waals surface area contributed by atoms with E-state index in [1.54, 1.807) is 25.1 Å². The number of amides is 1. The molecule has 23 heavy (non-hydrogen) atoms. The van der Waals surface area contributed by atoms with Crippen molar-refractivity contribution >= 4 is 35.1 Å². The summed E-state index contributed by atoms with van der Waals surface area (Å²) >= 11 is 11.9. The van der Waals surface area contributed by atoms with E-state index in [4.69, 9.17) is 27.9 Å². The molecule has 1 atom stereocenters. The van der Waals surface area contributed by atoms with Gasteiger partial charge in [0, 0.05) is 22.4 Å². The fourth-order valence-electron chi connectivity index (χ4n) is 1.82. The van der Waals surface area contributed by atoms with Crippen molar-refractivity contribution in [2.75, 3.05) is 6.61 Å². The van der Waals surface area contributed by atoms with Gasteiger partial charge in [0.2, 0.25) is 0 Å². The fraction of sp³-hybridized carbons (Fsp3) is 0.200. The van der Waals surface area contributed by atoms with Crippen molar-refractivity contribution in [1.82, 2.24) is 15.3 Å². The van der Waals surface area contributed by atoms with Gasteiger partial charge < -0.3 is 10.1 Å². The molecule has 6 nitrogen and oxygen atoms in total. The highest BCUT2D eigenvalue weighted by Gasteiger charge is 2.15. The van der Waals surface area contributed by atoms with E-state index in [-0.39, 0.29) is 11.7 Å². The van der Waals surface area contributed by atoms with Gasteiger partial charge in [-0.2, -0.15) is 0 Å². The minimum atomic E-state index is -0.717. The minimum absolute atomic E-state index is 0.0362. The van der Waals surface area contributed by atoms with Crippen LogP contribution in [0, 0.1) is 0 Å². The summed E-state index contributed by atoms with van der Waals surface area (Å²) in [6, 6.07) is 4.64. The van der Waals surface area contributed by atoms with Crippen molar-refractivity contribution in [1.29, 1.82) is 0 Å². The summed E-state index contributed by atoms with van der Waals surface area (Å²) in [5, 5.41) is 3.64. The van der Waals surface area contributed by atoms with Crippen molar-refractivity contribution in [3.05, 3.63) is 58.1 Å². The Bertz CT molecular complexity index is 710. The average Bonchev–Trinajstić information content (AvgIpc) is 2.53. The molecule has 8 heteroatoms. The number of hydrogen-bond acceptors (Lipinski definition) is 5. The van der Waals surface area contributed by atoms with Gasteiger partial charge in [-0.05, 0) is 24.6 Å². The molecular formula is C15H13Cl2N3O3. The molecule has 0 aliphatic heterocycles. The van der Waals surface area contributed by atoms with Crippen LogP contribution in [0.5, 0.6) is 0 Å². The molecule has 1 aromatic carbocycles. The van der Waals surface area contributed by atoms with Crippen LogP contribution in [0.2, 0.25) is 10.0 Å². The average molecular weight is 354 g/mol. The van der Waals surface area contributed by atoms with Crippen LogP contribution in [-0.2, 0) is 9.53 Å². The van der Waals surface area contributed by atoms with Gasteiger partial charge in [0.1, 0.15) is 0 Å². The van der Waals surface area contributed by atoms with E-state index >= 15 is 0 Å². The first kappa shape index (κ1) is 17.2. The zero-order valence-electron chi connectivity index (χ0n) is 12.1. The van der Waals surface area contributed by atoms with Gasteiger partial charge in [0.05, 0.1) is 12.2 Å². The Balaban J connectivity index is 1.88. The summed E-state index contributed by atoms with van der Waals surface area (Å²) in [4.78, 5) is 31.0. The summed E-state index contributed by atoms with van der Waals surface area (Å²) in [5.41, 5.74) is 0.749. The topological polar surface area (TPSA) is 81.2 Å². The van der Waals surface area contributed by atoms with Crippen molar-refractivity contribution in [3.63, 3.8) is 0 Å². The first-order chi connectivity index (χ1) is 11.0. The van der Waals surface area contributed by atoms with E-state index in [1.165, 1.54) is 18.6 Å². The second kappa shape index (κ2) is 7.89. The Morgan fingerprint density at radius 2 is 2.09 bits per heavy atom. The van der Waals surface area contributed by atoms with Crippen molar-refractivity contribution in [2.45, 2.75) is 13.0 Å². The number of esters is 1. The summed E-state index contributed by atoms with van der Waals surface area (Å²) in [5.74, 6) is -1.17. The highest BCUT2D eigenvalue weighted by molar-refractivity contribution is 6.35. The number of nitrogens with zero attached hydrogens (tertiary/aromatic N) is 2. The number of hydrogen-bond donors (Lipinski definition) is 1. The number of halogens is 2. The highest BCUT2D eigenvalue weighted by Crippen LogP contribution is 2.25. The Morgan fingerprint density at radius 3 is 2.74 bits per heavy atom. The Morgan fingerprint density at radius 1 is 1.30 bits per heavy atom. The predicted molar refractivity (Wildman–Crippen MR) is 85.3 cm³/mol. The second-order valence-corrected chi connectivity index (χ2v) is 5.47. The molecule has 1 heterocycles. The molecule has 0 aliphatic carbocycles. The lowest BCUT2D eigenvalue weighted by Crippen LogP contribution is -2.31. The zero-order chi connectivity index (χ0) is 16.8. The number of ether oxygens (including phenoxy) is 1. The maximum absolute atomic E-state index is 11.8. The number of benzene rings is 1. The monoisotopic (exact) mass is 353 g/mol. The normalized spacial score (nSPS) is 11.6. The van der Waals surface area contributed by atoms with E-state index in [0.717, 1.165) is 0 Å². The fourth-order valence-corrected chi connectivity index (χ4v) is 2.40. The molecule has 0 bridgehead atoms. The van der Waals surface area contributed by atoms with Gasteiger partial charge in [-0.15, -0.1) is 0 Å². The molecule has 0 saturated carbocycles. The Kier molecular flexibility index (Phi) is 5.90. The third-order valence-electron chi connectivity index (χ3n) is 2.91. The number of rotatable bonds is 5. The molecule has 1 N–H and O–H groups in total. The zero-order valence-corrected chi connectivity index (χ0v) is 13.6. The van der Waals surface area contributed by atoms with Gasteiger partial charge in [0.25, 0.3) is 5.91 Å². The molecule has 0 saturated heterocycles. The number of carbonyl (C=O) groups is 2. The lowest BCUT2D eigenvalue weighted by molar-refractivity contribution is -0.124. The van der Waals surface area contributed by atoms with Crippen LogP contribution < -0.4 is 5.32 Å². The van der Waals surface area contributed by atoms with Gasteiger partial charge in [-0.1, -0.05) is 29.3 Å². The van der Waals surface area contributed by atoms with Crippen molar-refractivity contribution in [3.8, 4) is 0 Å². The molecule has 2 aromatic rings. The summed E-state index contributed by atoms with van der Waals surface area (Å²) < 4.78 is 4.87. The Hall–Kier alpha value is -2.18. The molecule has 0 spiro atoms. The van der Waals surface area contributed by atoms with Crippen LogP contribution in [-0.4, -0.2) is 28.5 Å². The van der Waals surface area contributed by atoms with Gasteiger partial charge in [-0.25, -0.2) is 9.78 Å². The van der Waals surface area contributed by atoms with Crippen LogP contribution in [0.4, 0.5) is 0 Å². The maximum Gasteiger partial charge on any atom is 0.359 e. The summed E-state index contributed by atoms with van der Waals surface area (Å²) in [6.45, 7) is 1.34. The predicted octanol–water partition coefficient (Wildman–Crippen LogP) is 2.82. The van der Waals surface area contributed by atoms with Gasteiger partial charge in [-0.3, -0.25) is 9.78 Å². The lowest BCUT2D eigenvalue weighted by atomic mass is 10.1. The third kappa shape index (κ3) is 4.91. The minimum Gasteiger partial charge on any atom is -0.451 e. The van der Waals surface area contributed by atoms with Crippen LogP contribution in [0.15, 0.2) is 36.8 Å². The van der Waals surface area contributed by atoms with Crippen LogP contribution in [0.1, 0.15) is 29.0 Å². The Labute approximate surface area is 142 Å². The van der Waals surface area contributed by atoms with Crippen molar-refractivity contribution < 1.29 is 14.3 Å². The first-order valence-electron chi connectivity index (χ1n) is 6.65. The largest absolute Gasteiger partial charge is 0.451 e. The van der Waals surface area contributed by atoms with E-state index in [0.29, 0.717) is 15.6 Å². The second-order valence-electron chi connectivity index (χ2n) is 4.62. The molecule has 0 unspecified atom stereocenters. The lowest BCUT2D eigenvalue weighted by Gasteiger charge is -2.16. The summed E-state index contributed by atoms with van der Waals surface area (Å²) in [6.07, 6.45) is 4.05. The third-order valence-corrected chi connectivity index (χ3v) is 3.48. The molecule has 2 rings (SSSR count). The maximum atomic E-state index is 11.8. The van der Waals surface area contributed by atoms with Gasteiger partial charge in [0.15, 0.2) is 12.3 Å². The molecule has 0 aliphatic rings. The quantitative estimate of drug-likeness (QED) is 0.835. The molecular weight excluding hydrogens is 341 g/mol. The summed E-state index contributed by atoms with van der Waals surface area (Å²) in [7, 11) is 0. The SMILES string of the molecule is C[C@@H](NC(=O)COC(=O)c1cnccn1)c1ccc(Cl)cc1Cl. The molecule has 1 aromatic heterocycles. The van der Waals surface area contributed by atoms with E-state index < -0.39 is 18.5 Å². The van der Waals surface area contributed by atoms with E-state index in [2.05, 4.69) is 15.3 Å². The first-order valence-corrected chi connectivity index (χ1v) is 7.40. The van der Waals surface area contributed by atoms with Crippen molar-refractivity contribution in [2.24, 2.45) is 0 Å². The van der Waals surface area contributed by atoms with E-state index in [1.807, 2.05) is 0 Å². The van der Waals surface area contributed by atoms with E-state index in [9.17, 15) is 9.59 Å². The van der Waals surface area contributed by atoms with Crippen LogP contribution in [0.25, 0.3) is 0 Å². The molecule has 0 fully saturated rings. The molecule has 1 amide bonds. The standard InChI is InChI=1S/C15H13Cl2N3O3/c1-9(11-3-2-10(16)6-12(11)17)20-14(21)8-23-15(22)13-7-18-4-5-19-13/h2-7,9H,8H2,1H3,(H,20,21)/t9-/m1/s1. The van der Waals surface area contributed by atoms with Crippen LogP contribution >= 0.6 is 23.2 Å². The van der Waals surface area contributed by atoms with Gasteiger partial charge >= 0.3 is 5.97 Å². The smallest absolute Gasteiger partial charge is 0.359 e. The van der Waals surface area contributed by atoms with Crippen LogP contribution in [0.3, 0.4) is 0 Å². The highest BCUT2D eigenvalue weighted by atomic mass is 35.5. The molecule has 120 valence electrons. The molecule has 0 radical (unpaired) electrons.